The van der Waals surface area contributed by atoms with Crippen molar-refractivity contribution in [1.82, 2.24) is 0 Å². The Labute approximate surface area is 139 Å². The molecule has 1 aliphatic rings. The zero-order valence-electron chi connectivity index (χ0n) is 10.1. The minimum absolute atomic E-state index is 0.140. The zero-order chi connectivity index (χ0) is 14.3. The summed E-state index contributed by atoms with van der Waals surface area (Å²) >= 11 is 3.99. The highest BCUT2D eigenvalue weighted by Gasteiger charge is 2.21. The lowest BCUT2D eigenvalue weighted by Gasteiger charge is -2.28. The topological polar surface area (TPSA) is 72.6 Å². The summed E-state index contributed by atoms with van der Waals surface area (Å²) in [5.41, 5.74) is 5.53. The average molecular weight is 488 g/mol. The maximum atomic E-state index is 11.6. The largest absolute Gasteiger partial charge is 0.490 e. The molecule has 0 aromatic heterocycles. The van der Waals surface area contributed by atoms with Crippen LogP contribution in [-0.2, 0) is 9.59 Å². The molecule has 2 amide bonds. The minimum Gasteiger partial charge on any atom is -0.490 e. The number of carbonyl (C=O) groups excluding carboxylic acids is 2. The molecule has 2 N–H and O–H groups in total. The van der Waals surface area contributed by atoms with Crippen LogP contribution < -0.4 is 15.4 Å². The van der Waals surface area contributed by atoms with Gasteiger partial charge in [-0.1, -0.05) is 57.3 Å². The molecule has 0 atom stereocenters. The molecule has 0 radical (unpaired) electrons. The van der Waals surface area contributed by atoms with E-state index in [1.807, 2.05) is 46.9 Å². The van der Waals surface area contributed by atoms with E-state index < -0.39 is 0 Å². The van der Waals surface area contributed by atoms with Gasteiger partial charge in [-0.05, 0) is 12.1 Å². The van der Waals surface area contributed by atoms with Gasteiger partial charge in [0.1, 0.15) is 12.4 Å². The SMILES string of the molecule is NC(=O)CI.O=C(CI)N1CCOc2ccccc21. The van der Waals surface area contributed by atoms with Crippen LogP contribution >= 0.6 is 45.2 Å². The number of hydrogen-bond donors (Lipinski definition) is 1. The normalized spacial score (nSPS) is 12.6. The smallest absolute Gasteiger partial charge is 0.237 e. The van der Waals surface area contributed by atoms with E-state index >= 15 is 0 Å². The van der Waals surface area contributed by atoms with Crippen LogP contribution in [0.3, 0.4) is 0 Å². The molecule has 2 rings (SSSR count). The predicted octanol–water partition coefficient (Wildman–Crippen LogP) is 1.75. The lowest BCUT2D eigenvalue weighted by molar-refractivity contribution is -0.116. The lowest BCUT2D eigenvalue weighted by atomic mass is 10.2. The van der Waals surface area contributed by atoms with E-state index in [2.05, 4.69) is 28.3 Å². The Morgan fingerprint density at radius 1 is 1.26 bits per heavy atom. The summed E-state index contributed by atoms with van der Waals surface area (Å²) in [4.78, 5) is 23.0. The van der Waals surface area contributed by atoms with Crippen LogP contribution in [0, 0.1) is 0 Å². The summed E-state index contributed by atoms with van der Waals surface area (Å²) in [5, 5.41) is 0. The maximum Gasteiger partial charge on any atom is 0.237 e. The molecule has 5 nitrogen and oxygen atoms in total. The first kappa shape index (κ1) is 16.5. The van der Waals surface area contributed by atoms with E-state index in [4.69, 9.17) is 4.74 Å². The van der Waals surface area contributed by atoms with Crippen LogP contribution in [0.2, 0.25) is 0 Å². The number of ether oxygens (including phenoxy) is 1. The van der Waals surface area contributed by atoms with Crippen LogP contribution in [0.25, 0.3) is 0 Å². The standard InChI is InChI=1S/C10H10INO2.C2H4INO/c11-7-10(13)12-5-6-14-9-4-2-1-3-8(9)12;3-1-2(4)5/h1-4H,5-7H2;1H2,(H2,4,5). The molecule has 1 heterocycles. The number of anilines is 1. The van der Waals surface area contributed by atoms with Crippen molar-refractivity contribution in [3.05, 3.63) is 24.3 Å². The molecule has 0 saturated carbocycles. The van der Waals surface area contributed by atoms with Gasteiger partial charge in [0.15, 0.2) is 0 Å². The summed E-state index contributed by atoms with van der Waals surface area (Å²) in [6, 6.07) is 7.64. The van der Waals surface area contributed by atoms with Crippen molar-refractivity contribution in [2.45, 2.75) is 0 Å². The van der Waals surface area contributed by atoms with Crippen LogP contribution in [-0.4, -0.2) is 33.8 Å². The summed E-state index contributed by atoms with van der Waals surface area (Å²) in [5.74, 6) is 0.684. The second kappa shape index (κ2) is 8.56. The molecule has 1 aliphatic heterocycles. The number of fused-ring (bicyclic) bond motifs is 1. The molecule has 0 fully saturated rings. The second-order valence-electron chi connectivity index (χ2n) is 3.60. The third-order valence-corrected chi connectivity index (χ3v) is 3.68. The van der Waals surface area contributed by atoms with E-state index in [-0.39, 0.29) is 11.8 Å². The number of para-hydroxylation sites is 2. The van der Waals surface area contributed by atoms with Crippen molar-refractivity contribution in [2.24, 2.45) is 5.73 Å². The Hall–Kier alpha value is -0.580. The number of amides is 2. The number of benzene rings is 1. The number of nitrogens with two attached hydrogens (primary N) is 1. The molecule has 104 valence electrons. The Morgan fingerprint density at radius 3 is 2.47 bits per heavy atom. The molecule has 1 aromatic carbocycles. The number of rotatable bonds is 2. The van der Waals surface area contributed by atoms with E-state index in [9.17, 15) is 9.59 Å². The van der Waals surface area contributed by atoms with E-state index in [1.165, 1.54) is 0 Å². The summed E-state index contributed by atoms with van der Waals surface area (Å²) in [7, 11) is 0. The summed E-state index contributed by atoms with van der Waals surface area (Å²) < 4.78 is 6.37. The quantitative estimate of drug-likeness (QED) is 0.510. The monoisotopic (exact) mass is 488 g/mol. The van der Waals surface area contributed by atoms with Gasteiger partial charge in [-0.2, -0.15) is 0 Å². The van der Waals surface area contributed by atoms with Crippen LogP contribution in [0.5, 0.6) is 5.75 Å². The Morgan fingerprint density at radius 2 is 1.89 bits per heavy atom. The highest BCUT2D eigenvalue weighted by Crippen LogP contribution is 2.30. The van der Waals surface area contributed by atoms with Gasteiger partial charge in [-0.15, -0.1) is 0 Å². The molecule has 0 spiro atoms. The van der Waals surface area contributed by atoms with E-state index in [0.29, 0.717) is 22.0 Å². The van der Waals surface area contributed by atoms with Crippen molar-refractivity contribution < 1.29 is 14.3 Å². The Kier molecular flexibility index (Phi) is 7.42. The minimum atomic E-state index is -0.259. The first-order valence-electron chi connectivity index (χ1n) is 5.52. The number of halogens is 2. The van der Waals surface area contributed by atoms with Crippen LogP contribution in [0.4, 0.5) is 5.69 Å². The third-order valence-electron chi connectivity index (χ3n) is 2.28. The number of primary amides is 1. The van der Waals surface area contributed by atoms with Gasteiger partial charge in [0, 0.05) is 0 Å². The zero-order valence-corrected chi connectivity index (χ0v) is 14.5. The molecule has 0 bridgehead atoms. The van der Waals surface area contributed by atoms with Gasteiger partial charge >= 0.3 is 0 Å². The van der Waals surface area contributed by atoms with Gasteiger partial charge in [0.2, 0.25) is 11.8 Å². The maximum absolute atomic E-state index is 11.6. The van der Waals surface area contributed by atoms with Gasteiger partial charge in [-0.25, -0.2) is 0 Å². The summed E-state index contributed by atoms with van der Waals surface area (Å²) in [6.07, 6.45) is 0. The first-order chi connectivity index (χ1) is 9.10. The second-order valence-corrected chi connectivity index (χ2v) is 5.12. The van der Waals surface area contributed by atoms with Crippen molar-refractivity contribution in [1.29, 1.82) is 0 Å². The highest BCUT2D eigenvalue weighted by atomic mass is 127. The molecule has 0 unspecified atom stereocenters. The number of alkyl halides is 2. The highest BCUT2D eigenvalue weighted by molar-refractivity contribution is 14.1. The fourth-order valence-electron chi connectivity index (χ4n) is 1.50. The van der Waals surface area contributed by atoms with Gasteiger partial charge in [0.25, 0.3) is 0 Å². The molecule has 1 aromatic rings. The molecular weight excluding hydrogens is 474 g/mol. The third kappa shape index (κ3) is 5.13. The molecule has 0 aliphatic carbocycles. The van der Waals surface area contributed by atoms with E-state index in [0.717, 1.165) is 11.4 Å². The number of nitrogens with zero attached hydrogens (tertiary/aromatic N) is 1. The predicted molar refractivity (Wildman–Crippen MR) is 91.3 cm³/mol. The fourth-order valence-corrected chi connectivity index (χ4v) is 1.91. The number of hydrogen-bond acceptors (Lipinski definition) is 3. The van der Waals surface area contributed by atoms with Crippen molar-refractivity contribution in [3.63, 3.8) is 0 Å². The van der Waals surface area contributed by atoms with Gasteiger partial charge in [0.05, 0.1) is 21.1 Å². The molecule has 19 heavy (non-hydrogen) atoms. The lowest BCUT2D eigenvalue weighted by Crippen LogP contribution is -2.38. The van der Waals surface area contributed by atoms with Crippen LogP contribution in [0.1, 0.15) is 0 Å². The van der Waals surface area contributed by atoms with Gasteiger partial charge < -0.3 is 15.4 Å². The van der Waals surface area contributed by atoms with E-state index in [1.54, 1.807) is 4.90 Å². The van der Waals surface area contributed by atoms with Crippen molar-refractivity contribution >= 4 is 62.7 Å². The van der Waals surface area contributed by atoms with Crippen LogP contribution in [0.15, 0.2) is 24.3 Å². The van der Waals surface area contributed by atoms with Crippen molar-refractivity contribution in [2.75, 3.05) is 26.9 Å². The summed E-state index contributed by atoms with van der Waals surface area (Å²) in [6.45, 7) is 1.23. The number of carbonyl (C=O) groups is 2. The average Bonchev–Trinajstić information content (AvgIpc) is 2.46. The molecule has 7 heteroatoms. The molecule has 0 saturated heterocycles. The fraction of sp³-hybridized carbons (Fsp3) is 0.333. The Bertz CT molecular complexity index is 454. The first-order valence-corrected chi connectivity index (χ1v) is 8.57. The molecular formula is C12H14I2N2O3. The van der Waals surface area contributed by atoms with Crippen molar-refractivity contribution in [3.8, 4) is 5.75 Å². The van der Waals surface area contributed by atoms with Gasteiger partial charge in [-0.3, -0.25) is 9.59 Å². The Balaban J connectivity index is 0.000000312.